The predicted molar refractivity (Wildman–Crippen MR) is 98.8 cm³/mol. The van der Waals surface area contributed by atoms with E-state index in [1.54, 1.807) is 21.8 Å². The van der Waals surface area contributed by atoms with E-state index in [0.29, 0.717) is 29.5 Å². The minimum Gasteiger partial charge on any atom is -0.336 e. The van der Waals surface area contributed by atoms with Gasteiger partial charge in [-0.2, -0.15) is 4.80 Å². The largest absolute Gasteiger partial charge is 0.336 e. The van der Waals surface area contributed by atoms with Gasteiger partial charge in [-0.15, -0.1) is 10.2 Å². The Bertz CT molecular complexity index is 941. The summed E-state index contributed by atoms with van der Waals surface area (Å²) in [6, 6.07) is 12.8. The summed E-state index contributed by atoms with van der Waals surface area (Å²) in [6.45, 7) is 1.15. The highest BCUT2D eigenvalue weighted by molar-refractivity contribution is 6.30. The van der Waals surface area contributed by atoms with Gasteiger partial charge in [0.25, 0.3) is 5.91 Å². The Hall–Kier alpha value is -2.80. The molecule has 0 N–H and O–H groups in total. The molecule has 1 aromatic heterocycles. The highest BCUT2D eigenvalue weighted by Gasteiger charge is 2.27. The Morgan fingerprint density at radius 1 is 1.11 bits per heavy atom. The molecule has 1 atom stereocenters. The number of carbonyl (C=O) groups is 1. The van der Waals surface area contributed by atoms with Crippen LogP contribution in [0.1, 0.15) is 29.2 Å². The summed E-state index contributed by atoms with van der Waals surface area (Å²) in [5.74, 6) is 0.0519. The molecule has 1 amide bonds. The molecule has 0 aliphatic carbocycles. The lowest BCUT2D eigenvalue weighted by Crippen LogP contribution is -2.41. The zero-order chi connectivity index (χ0) is 18.8. The molecule has 0 saturated carbocycles. The molecule has 3 aromatic rings. The number of likely N-dealkylation sites (tertiary alicyclic amines) is 1. The first-order valence-electron chi connectivity index (χ1n) is 8.70. The Balaban J connectivity index is 1.49. The van der Waals surface area contributed by atoms with E-state index < -0.39 is 0 Å². The fourth-order valence-corrected chi connectivity index (χ4v) is 3.32. The van der Waals surface area contributed by atoms with Crippen LogP contribution in [0.3, 0.4) is 0 Å². The molecule has 1 fully saturated rings. The summed E-state index contributed by atoms with van der Waals surface area (Å²) in [7, 11) is 0. The van der Waals surface area contributed by atoms with Crippen molar-refractivity contribution < 1.29 is 9.18 Å². The lowest BCUT2D eigenvalue weighted by atomic mass is 10.0. The van der Waals surface area contributed by atoms with E-state index in [1.165, 1.54) is 24.3 Å². The fraction of sp³-hybridized carbons (Fsp3) is 0.263. The maximum Gasteiger partial charge on any atom is 0.253 e. The summed E-state index contributed by atoms with van der Waals surface area (Å²) < 4.78 is 13.1. The fourth-order valence-electron chi connectivity index (χ4n) is 3.20. The average Bonchev–Trinajstić information content (AvgIpc) is 3.19. The second-order valence-corrected chi connectivity index (χ2v) is 6.93. The van der Waals surface area contributed by atoms with E-state index in [1.807, 2.05) is 12.1 Å². The molecule has 4 rings (SSSR count). The first-order chi connectivity index (χ1) is 13.1. The molecule has 0 bridgehead atoms. The van der Waals surface area contributed by atoms with Crippen LogP contribution in [0.25, 0.3) is 11.4 Å². The van der Waals surface area contributed by atoms with Crippen molar-refractivity contribution in [2.24, 2.45) is 0 Å². The highest BCUT2D eigenvalue weighted by Crippen LogP contribution is 2.23. The van der Waals surface area contributed by atoms with Crippen LogP contribution in [-0.4, -0.2) is 44.1 Å². The second-order valence-electron chi connectivity index (χ2n) is 6.49. The molecule has 6 nitrogen and oxygen atoms in total. The number of aromatic nitrogens is 4. The lowest BCUT2D eigenvalue weighted by molar-refractivity contribution is 0.0663. The van der Waals surface area contributed by atoms with Crippen LogP contribution in [0.15, 0.2) is 48.5 Å². The number of piperidine rings is 1. The maximum absolute atomic E-state index is 13.1. The first kappa shape index (κ1) is 17.6. The van der Waals surface area contributed by atoms with Crippen molar-refractivity contribution in [3.8, 4) is 11.4 Å². The van der Waals surface area contributed by atoms with Gasteiger partial charge in [0.1, 0.15) is 5.82 Å². The van der Waals surface area contributed by atoms with Crippen LogP contribution in [0.2, 0.25) is 5.02 Å². The highest BCUT2D eigenvalue weighted by atomic mass is 35.5. The average molecular weight is 386 g/mol. The number of nitrogens with zero attached hydrogens (tertiary/aromatic N) is 5. The van der Waals surface area contributed by atoms with E-state index in [0.717, 1.165) is 18.4 Å². The van der Waals surface area contributed by atoms with Crippen molar-refractivity contribution in [1.82, 2.24) is 25.1 Å². The molecule has 0 radical (unpaired) electrons. The number of benzene rings is 2. The normalized spacial score (nSPS) is 17.1. The Labute approximate surface area is 160 Å². The van der Waals surface area contributed by atoms with Crippen LogP contribution < -0.4 is 0 Å². The van der Waals surface area contributed by atoms with Gasteiger partial charge in [0.15, 0.2) is 0 Å². The molecule has 2 aromatic carbocycles. The standard InChI is InChI=1S/C19H17ClFN5O/c20-15-7-3-13(4-8-15)18-22-24-26(23-18)17-2-1-11-25(12-17)19(27)14-5-9-16(21)10-6-14/h3-10,17H,1-2,11-12H2/t17-/m0/s1. The number of amides is 1. The summed E-state index contributed by atoms with van der Waals surface area (Å²) in [5, 5.41) is 13.4. The molecule has 138 valence electrons. The summed E-state index contributed by atoms with van der Waals surface area (Å²) in [5.41, 5.74) is 1.31. The zero-order valence-corrected chi connectivity index (χ0v) is 15.2. The van der Waals surface area contributed by atoms with E-state index in [-0.39, 0.29) is 17.8 Å². The molecule has 0 unspecified atom stereocenters. The van der Waals surface area contributed by atoms with Gasteiger partial charge >= 0.3 is 0 Å². The third-order valence-corrected chi connectivity index (χ3v) is 4.88. The minimum atomic E-state index is -0.357. The second kappa shape index (κ2) is 7.44. The van der Waals surface area contributed by atoms with Crippen LogP contribution in [-0.2, 0) is 0 Å². The molecule has 1 saturated heterocycles. The number of hydrogen-bond acceptors (Lipinski definition) is 4. The van der Waals surface area contributed by atoms with Crippen molar-refractivity contribution >= 4 is 17.5 Å². The summed E-state index contributed by atoms with van der Waals surface area (Å²) >= 11 is 5.91. The molecule has 8 heteroatoms. The summed E-state index contributed by atoms with van der Waals surface area (Å²) in [4.78, 5) is 16.0. The Morgan fingerprint density at radius 2 is 1.85 bits per heavy atom. The van der Waals surface area contributed by atoms with Gasteiger partial charge in [0, 0.05) is 29.2 Å². The van der Waals surface area contributed by atoms with Crippen molar-refractivity contribution in [1.29, 1.82) is 0 Å². The number of carbonyl (C=O) groups excluding carboxylic acids is 1. The monoisotopic (exact) mass is 385 g/mol. The molecule has 1 aliphatic rings. The lowest BCUT2D eigenvalue weighted by Gasteiger charge is -2.31. The van der Waals surface area contributed by atoms with Gasteiger partial charge in [-0.1, -0.05) is 11.6 Å². The number of tetrazole rings is 1. The summed E-state index contributed by atoms with van der Waals surface area (Å²) in [6.07, 6.45) is 1.71. The molecular weight excluding hydrogens is 369 g/mol. The molecule has 0 spiro atoms. The van der Waals surface area contributed by atoms with Crippen molar-refractivity contribution in [3.05, 3.63) is 64.9 Å². The van der Waals surface area contributed by atoms with E-state index >= 15 is 0 Å². The molecule has 2 heterocycles. The van der Waals surface area contributed by atoms with Crippen LogP contribution in [0, 0.1) is 5.82 Å². The van der Waals surface area contributed by atoms with Gasteiger partial charge in [-0.05, 0) is 66.6 Å². The topological polar surface area (TPSA) is 63.9 Å². The number of halogens is 2. The first-order valence-corrected chi connectivity index (χ1v) is 9.08. The van der Waals surface area contributed by atoms with E-state index in [9.17, 15) is 9.18 Å². The van der Waals surface area contributed by atoms with Crippen LogP contribution >= 0.6 is 11.6 Å². The molecule has 1 aliphatic heterocycles. The van der Waals surface area contributed by atoms with Gasteiger partial charge < -0.3 is 4.90 Å². The third-order valence-electron chi connectivity index (χ3n) is 4.63. The Kier molecular flexibility index (Phi) is 4.85. The third kappa shape index (κ3) is 3.83. The molecule has 27 heavy (non-hydrogen) atoms. The number of hydrogen-bond donors (Lipinski definition) is 0. The van der Waals surface area contributed by atoms with Gasteiger partial charge in [0.05, 0.1) is 6.04 Å². The SMILES string of the molecule is O=C(c1ccc(F)cc1)N1CCC[C@H](n2nnc(-c3ccc(Cl)cc3)n2)C1. The van der Waals surface area contributed by atoms with Crippen molar-refractivity contribution in [2.75, 3.05) is 13.1 Å². The van der Waals surface area contributed by atoms with Crippen LogP contribution in [0.5, 0.6) is 0 Å². The maximum atomic E-state index is 13.1. The number of rotatable bonds is 3. The van der Waals surface area contributed by atoms with Crippen molar-refractivity contribution in [2.45, 2.75) is 18.9 Å². The van der Waals surface area contributed by atoms with Gasteiger partial charge in [0.2, 0.25) is 5.82 Å². The van der Waals surface area contributed by atoms with E-state index in [2.05, 4.69) is 15.4 Å². The quantitative estimate of drug-likeness (QED) is 0.691. The van der Waals surface area contributed by atoms with Gasteiger partial charge in [-0.3, -0.25) is 4.79 Å². The smallest absolute Gasteiger partial charge is 0.253 e. The predicted octanol–water partition coefficient (Wildman–Crippen LogP) is 3.61. The zero-order valence-electron chi connectivity index (χ0n) is 14.4. The molecular formula is C19H17ClFN5O. The van der Waals surface area contributed by atoms with E-state index in [4.69, 9.17) is 11.6 Å². The van der Waals surface area contributed by atoms with Crippen molar-refractivity contribution in [3.63, 3.8) is 0 Å². The minimum absolute atomic E-state index is 0.0447. The Morgan fingerprint density at radius 3 is 2.59 bits per heavy atom. The van der Waals surface area contributed by atoms with Gasteiger partial charge in [-0.25, -0.2) is 4.39 Å². The van der Waals surface area contributed by atoms with Crippen LogP contribution in [0.4, 0.5) is 4.39 Å².